The highest BCUT2D eigenvalue weighted by molar-refractivity contribution is 5.99. The predicted octanol–water partition coefficient (Wildman–Crippen LogP) is 6.70. The third-order valence-corrected chi connectivity index (χ3v) is 6.37. The molecule has 0 saturated heterocycles. The van der Waals surface area contributed by atoms with Crippen molar-refractivity contribution in [3.05, 3.63) is 114 Å². The second kappa shape index (κ2) is 9.66. The number of carbonyl (C=O) groups excluding carboxylic acids is 1. The minimum atomic E-state index is -0.822. The number of imidazole rings is 1. The summed E-state index contributed by atoms with van der Waals surface area (Å²) >= 11 is 0. The summed E-state index contributed by atoms with van der Waals surface area (Å²) in [7, 11) is 1.49. The first-order chi connectivity index (χ1) is 17.5. The van der Waals surface area contributed by atoms with E-state index in [1.54, 1.807) is 16.7 Å². The minimum Gasteiger partial charge on any atom is -0.496 e. The van der Waals surface area contributed by atoms with Gasteiger partial charge in [0.25, 0.3) is 5.91 Å². The molecule has 0 aliphatic carbocycles. The molecule has 180 valence electrons. The summed E-state index contributed by atoms with van der Waals surface area (Å²) in [6.07, 6.45) is 0. The van der Waals surface area contributed by atoms with Crippen LogP contribution < -0.4 is 10.1 Å². The molecule has 0 spiro atoms. The van der Waals surface area contributed by atoms with Crippen LogP contribution >= 0.6 is 0 Å². The zero-order valence-electron chi connectivity index (χ0n) is 20.3. The molecular formula is C30H26FN3O2. The van der Waals surface area contributed by atoms with E-state index in [4.69, 9.17) is 9.72 Å². The van der Waals surface area contributed by atoms with Crippen molar-refractivity contribution < 1.29 is 13.9 Å². The van der Waals surface area contributed by atoms with Crippen molar-refractivity contribution in [2.24, 2.45) is 0 Å². The first-order valence-corrected chi connectivity index (χ1v) is 11.7. The van der Waals surface area contributed by atoms with Crippen LogP contribution in [0.25, 0.3) is 22.4 Å². The van der Waals surface area contributed by atoms with Crippen LogP contribution in [0.3, 0.4) is 0 Å². The fraction of sp³-hybridized carbons (Fsp3) is 0.133. The molecule has 5 rings (SSSR count). The molecule has 0 fully saturated rings. The molecule has 5 nitrogen and oxygen atoms in total. The van der Waals surface area contributed by atoms with Crippen LogP contribution in [0, 0.1) is 19.7 Å². The molecule has 1 atom stereocenters. The number of aryl methyl sites for hydroxylation is 2. The lowest BCUT2D eigenvalue weighted by Gasteiger charge is -2.23. The Balaban J connectivity index is 1.78. The normalized spacial score (nSPS) is 11.9. The molecule has 1 unspecified atom stereocenters. The van der Waals surface area contributed by atoms with Gasteiger partial charge in [0, 0.05) is 5.69 Å². The van der Waals surface area contributed by atoms with Crippen molar-refractivity contribution in [2.45, 2.75) is 19.9 Å². The molecule has 0 aliphatic rings. The number of ether oxygens (including phenoxy) is 1. The number of para-hydroxylation sites is 3. The fourth-order valence-corrected chi connectivity index (χ4v) is 4.63. The van der Waals surface area contributed by atoms with Crippen LogP contribution in [-0.2, 0) is 4.79 Å². The number of amides is 1. The van der Waals surface area contributed by atoms with Gasteiger partial charge in [-0.25, -0.2) is 9.37 Å². The smallest absolute Gasteiger partial charge is 0.252 e. The van der Waals surface area contributed by atoms with Gasteiger partial charge >= 0.3 is 0 Å². The Morgan fingerprint density at radius 2 is 1.56 bits per heavy atom. The maximum absolute atomic E-state index is 15.3. The maximum atomic E-state index is 15.3. The Morgan fingerprint density at radius 1 is 0.889 bits per heavy atom. The molecule has 0 saturated carbocycles. The van der Waals surface area contributed by atoms with Crippen LogP contribution in [-0.4, -0.2) is 22.6 Å². The number of carbonyl (C=O) groups is 1. The summed E-state index contributed by atoms with van der Waals surface area (Å²) in [5.74, 6) is -0.0728. The fourth-order valence-electron chi connectivity index (χ4n) is 4.63. The Bertz CT molecular complexity index is 1540. The van der Waals surface area contributed by atoms with Gasteiger partial charge in [0.15, 0.2) is 0 Å². The zero-order chi connectivity index (χ0) is 25.2. The van der Waals surface area contributed by atoms with Crippen molar-refractivity contribution in [1.29, 1.82) is 0 Å². The van der Waals surface area contributed by atoms with Crippen LogP contribution in [0.5, 0.6) is 5.75 Å². The van der Waals surface area contributed by atoms with E-state index in [1.807, 2.05) is 86.6 Å². The van der Waals surface area contributed by atoms with Gasteiger partial charge in [0.05, 0.1) is 23.7 Å². The quantitative estimate of drug-likeness (QED) is 0.295. The van der Waals surface area contributed by atoms with Gasteiger partial charge in [-0.05, 0) is 54.8 Å². The number of benzene rings is 4. The highest BCUT2D eigenvalue weighted by atomic mass is 19.1. The Kier molecular flexibility index (Phi) is 6.25. The van der Waals surface area contributed by atoms with Crippen LogP contribution in [0.15, 0.2) is 91.0 Å². The Labute approximate surface area is 209 Å². The summed E-state index contributed by atoms with van der Waals surface area (Å²) in [6.45, 7) is 3.92. The molecule has 6 heteroatoms. The average molecular weight is 480 g/mol. The van der Waals surface area contributed by atoms with E-state index in [0.717, 1.165) is 22.4 Å². The molecule has 36 heavy (non-hydrogen) atoms. The number of hydrogen-bond donors (Lipinski definition) is 1. The molecule has 1 N–H and O–H groups in total. The standard InChI is InChI=1S/C30H26FN3O2/c1-19-11-9-12-20(2)27(19)33-30(35)28(21-13-5-4-6-14-21)34-24-17-8-7-16-23(24)32-29(34)26-22(31)15-10-18-25(26)36-3/h4-18,28H,1-3H3,(H,33,35). The molecule has 4 aromatic carbocycles. The molecule has 5 aromatic rings. The number of hydrogen-bond acceptors (Lipinski definition) is 3. The molecule has 1 aromatic heterocycles. The van der Waals surface area contributed by atoms with Gasteiger partial charge in [-0.3, -0.25) is 4.79 Å². The minimum absolute atomic E-state index is 0.206. The summed E-state index contributed by atoms with van der Waals surface area (Å²) in [4.78, 5) is 18.9. The van der Waals surface area contributed by atoms with Gasteiger partial charge in [0.1, 0.15) is 23.4 Å². The number of fused-ring (bicyclic) bond motifs is 1. The van der Waals surface area contributed by atoms with Gasteiger partial charge in [0.2, 0.25) is 0 Å². The second-order valence-electron chi connectivity index (χ2n) is 8.68. The Hall–Kier alpha value is -4.45. The largest absolute Gasteiger partial charge is 0.496 e. The summed E-state index contributed by atoms with van der Waals surface area (Å²) in [6, 6.07) is 26.7. The first kappa shape index (κ1) is 23.3. The van der Waals surface area contributed by atoms with Gasteiger partial charge in [-0.1, -0.05) is 66.7 Å². The molecule has 1 amide bonds. The van der Waals surface area contributed by atoms with E-state index < -0.39 is 11.9 Å². The van der Waals surface area contributed by atoms with Gasteiger partial charge < -0.3 is 14.6 Å². The Morgan fingerprint density at radius 3 is 2.28 bits per heavy atom. The van der Waals surface area contributed by atoms with E-state index in [9.17, 15) is 4.79 Å². The van der Waals surface area contributed by atoms with Crippen LogP contribution in [0.2, 0.25) is 0 Å². The first-order valence-electron chi connectivity index (χ1n) is 11.7. The summed E-state index contributed by atoms with van der Waals surface area (Å²) < 4.78 is 22.6. The lowest BCUT2D eigenvalue weighted by molar-refractivity contribution is -0.118. The number of rotatable bonds is 6. The molecule has 0 radical (unpaired) electrons. The van der Waals surface area contributed by atoms with Gasteiger partial charge in [-0.15, -0.1) is 0 Å². The average Bonchev–Trinajstić information content (AvgIpc) is 3.25. The molecule has 0 bridgehead atoms. The molecule has 0 aliphatic heterocycles. The van der Waals surface area contributed by atoms with Crippen molar-refractivity contribution in [3.63, 3.8) is 0 Å². The topological polar surface area (TPSA) is 56.2 Å². The number of anilines is 1. The van der Waals surface area contributed by atoms with Crippen molar-refractivity contribution >= 4 is 22.6 Å². The lowest BCUT2D eigenvalue weighted by atomic mass is 10.0. The maximum Gasteiger partial charge on any atom is 0.252 e. The van der Waals surface area contributed by atoms with Crippen molar-refractivity contribution in [2.75, 3.05) is 12.4 Å². The number of nitrogens with one attached hydrogen (secondary N) is 1. The van der Waals surface area contributed by atoms with E-state index in [1.165, 1.54) is 13.2 Å². The van der Waals surface area contributed by atoms with Crippen molar-refractivity contribution in [1.82, 2.24) is 9.55 Å². The second-order valence-corrected chi connectivity index (χ2v) is 8.68. The number of methoxy groups -OCH3 is 1. The summed E-state index contributed by atoms with van der Waals surface area (Å²) in [5.41, 5.74) is 5.00. The SMILES string of the molecule is COc1cccc(F)c1-c1nc2ccccc2n1C(C(=O)Nc1c(C)cccc1C)c1ccccc1. The highest BCUT2D eigenvalue weighted by Gasteiger charge is 2.30. The van der Waals surface area contributed by atoms with Crippen LogP contribution in [0.4, 0.5) is 10.1 Å². The van der Waals surface area contributed by atoms with Gasteiger partial charge in [-0.2, -0.15) is 0 Å². The van der Waals surface area contributed by atoms with E-state index in [0.29, 0.717) is 22.6 Å². The van der Waals surface area contributed by atoms with Crippen molar-refractivity contribution in [3.8, 4) is 17.1 Å². The molecule has 1 heterocycles. The third kappa shape index (κ3) is 4.11. The predicted molar refractivity (Wildman–Crippen MR) is 141 cm³/mol. The molecular weight excluding hydrogens is 453 g/mol. The number of aromatic nitrogens is 2. The van der Waals surface area contributed by atoms with E-state index >= 15 is 4.39 Å². The lowest BCUT2D eigenvalue weighted by Crippen LogP contribution is -2.28. The number of nitrogens with zero attached hydrogens (tertiary/aromatic N) is 2. The third-order valence-electron chi connectivity index (χ3n) is 6.37. The highest BCUT2D eigenvalue weighted by Crippen LogP contribution is 2.38. The summed E-state index contributed by atoms with van der Waals surface area (Å²) in [5, 5.41) is 3.14. The van der Waals surface area contributed by atoms with E-state index in [-0.39, 0.29) is 11.5 Å². The number of halogens is 1. The zero-order valence-corrected chi connectivity index (χ0v) is 20.3. The monoisotopic (exact) mass is 479 g/mol. The van der Waals surface area contributed by atoms with Crippen LogP contribution in [0.1, 0.15) is 22.7 Å². The van der Waals surface area contributed by atoms with E-state index in [2.05, 4.69) is 5.32 Å².